The van der Waals surface area contributed by atoms with Crippen molar-refractivity contribution in [1.29, 1.82) is 0 Å². The summed E-state index contributed by atoms with van der Waals surface area (Å²) in [6.45, 7) is 2.37. The van der Waals surface area contributed by atoms with Crippen molar-refractivity contribution in [2.24, 2.45) is 0 Å². The van der Waals surface area contributed by atoms with Crippen molar-refractivity contribution < 1.29 is 19.4 Å². The highest BCUT2D eigenvalue weighted by Crippen LogP contribution is 2.36. The first-order valence-corrected chi connectivity index (χ1v) is 7.21. The van der Waals surface area contributed by atoms with Crippen molar-refractivity contribution in [3.05, 3.63) is 34.9 Å². The minimum atomic E-state index is -1.06. The van der Waals surface area contributed by atoms with E-state index in [1.165, 1.54) is 6.92 Å². The van der Waals surface area contributed by atoms with Gasteiger partial charge >= 0.3 is 5.97 Å². The van der Waals surface area contributed by atoms with E-state index in [1.807, 2.05) is 6.07 Å². The quantitative estimate of drug-likeness (QED) is 0.891. The first kappa shape index (κ1) is 15.8. The van der Waals surface area contributed by atoms with Crippen molar-refractivity contribution in [2.45, 2.75) is 31.2 Å². The lowest BCUT2D eigenvalue weighted by molar-refractivity contribution is -0.143. The number of rotatable bonds is 4. The van der Waals surface area contributed by atoms with Gasteiger partial charge in [0.05, 0.1) is 5.41 Å². The van der Waals surface area contributed by atoms with Crippen molar-refractivity contribution >= 4 is 23.5 Å². The average molecular weight is 312 g/mol. The van der Waals surface area contributed by atoms with Gasteiger partial charge in [0.15, 0.2) is 0 Å². The lowest BCUT2D eigenvalue weighted by Crippen LogP contribution is -2.52. The molecule has 1 aromatic rings. The predicted octanol–water partition coefficient (Wildman–Crippen LogP) is 1.98. The maximum atomic E-state index is 12.7. The molecule has 114 valence electrons. The monoisotopic (exact) mass is 311 g/mol. The van der Waals surface area contributed by atoms with Crippen LogP contribution in [0.25, 0.3) is 0 Å². The van der Waals surface area contributed by atoms with E-state index in [2.05, 4.69) is 5.32 Å². The second-order valence-electron chi connectivity index (χ2n) is 5.24. The van der Waals surface area contributed by atoms with Gasteiger partial charge in [0.1, 0.15) is 6.04 Å². The van der Waals surface area contributed by atoms with Gasteiger partial charge in [0.25, 0.3) is 0 Å². The first-order chi connectivity index (χ1) is 9.95. The molecule has 1 aliphatic rings. The summed E-state index contributed by atoms with van der Waals surface area (Å²) in [5.74, 6) is -1.35. The fraction of sp³-hybridized carbons (Fsp3) is 0.467. The van der Waals surface area contributed by atoms with Crippen LogP contribution in [0.2, 0.25) is 5.02 Å². The molecular weight excluding hydrogens is 294 g/mol. The topological polar surface area (TPSA) is 75.6 Å². The normalized spacial score (nSPS) is 18.8. The van der Waals surface area contributed by atoms with Crippen molar-refractivity contribution in [3.8, 4) is 0 Å². The van der Waals surface area contributed by atoms with E-state index in [1.54, 1.807) is 18.2 Å². The van der Waals surface area contributed by atoms with Crippen LogP contribution in [-0.2, 0) is 19.7 Å². The number of carbonyl (C=O) groups is 2. The molecule has 0 aromatic heterocycles. The van der Waals surface area contributed by atoms with Crippen LogP contribution in [0.1, 0.15) is 25.3 Å². The van der Waals surface area contributed by atoms with Crippen LogP contribution in [0, 0.1) is 0 Å². The molecule has 0 saturated carbocycles. The smallest absolute Gasteiger partial charge is 0.325 e. The molecule has 1 atom stereocenters. The predicted molar refractivity (Wildman–Crippen MR) is 78.4 cm³/mol. The van der Waals surface area contributed by atoms with Gasteiger partial charge in [-0.15, -0.1) is 0 Å². The zero-order chi connectivity index (χ0) is 15.5. The van der Waals surface area contributed by atoms with Crippen molar-refractivity contribution in [3.63, 3.8) is 0 Å². The van der Waals surface area contributed by atoms with E-state index >= 15 is 0 Å². The molecule has 1 aliphatic heterocycles. The molecule has 1 aromatic carbocycles. The third-order valence-electron chi connectivity index (χ3n) is 3.88. The number of carboxylic acid groups (broad SMARTS) is 1. The number of ether oxygens (including phenoxy) is 1. The van der Waals surface area contributed by atoms with E-state index in [9.17, 15) is 9.59 Å². The van der Waals surface area contributed by atoms with Gasteiger partial charge < -0.3 is 15.2 Å². The van der Waals surface area contributed by atoms with Crippen LogP contribution in [-0.4, -0.2) is 36.2 Å². The van der Waals surface area contributed by atoms with Gasteiger partial charge in [-0.3, -0.25) is 9.59 Å². The fourth-order valence-corrected chi connectivity index (χ4v) is 2.74. The Morgan fingerprint density at radius 2 is 2.05 bits per heavy atom. The fourth-order valence-electron chi connectivity index (χ4n) is 2.55. The summed E-state index contributed by atoms with van der Waals surface area (Å²) in [7, 11) is 0. The molecule has 2 N–H and O–H groups in total. The van der Waals surface area contributed by atoms with E-state index in [0.29, 0.717) is 31.1 Å². The van der Waals surface area contributed by atoms with E-state index in [0.717, 1.165) is 5.56 Å². The molecule has 1 saturated heterocycles. The van der Waals surface area contributed by atoms with E-state index < -0.39 is 17.4 Å². The SMILES string of the molecule is C[C@@H](NC(=O)C1(c2cccc(Cl)c2)CCOCC1)C(=O)O. The summed E-state index contributed by atoms with van der Waals surface area (Å²) in [6, 6.07) is 6.22. The Morgan fingerprint density at radius 3 is 2.62 bits per heavy atom. The molecular formula is C15H18ClNO4. The molecule has 0 unspecified atom stereocenters. The first-order valence-electron chi connectivity index (χ1n) is 6.83. The lowest BCUT2D eigenvalue weighted by atomic mass is 9.73. The number of aliphatic carboxylic acids is 1. The molecule has 0 aliphatic carbocycles. The Bertz CT molecular complexity index is 540. The highest BCUT2D eigenvalue weighted by molar-refractivity contribution is 6.30. The average Bonchev–Trinajstić information content (AvgIpc) is 2.47. The highest BCUT2D eigenvalue weighted by Gasteiger charge is 2.42. The summed E-state index contributed by atoms with van der Waals surface area (Å²) in [5, 5.41) is 12.1. The molecule has 0 bridgehead atoms. The number of carbonyl (C=O) groups excluding carboxylic acids is 1. The van der Waals surface area contributed by atoms with Gasteiger partial charge in [0.2, 0.25) is 5.91 Å². The van der Waals surface area contributed by atoms with Gasteiger partial charge in [-0.25, -0.2) is 0 Å². The number of hydrogen-bond donors (Lipinski definition) is 2. The Balaban J connectivity index is 2.33. The third kappa shape index (κ3) is 3.36. The van der Waals surface area contributed by atoms with Gasteiger partial charge in [-0.05, 0) is 37.5 Å². The molecule has 6 heteroatoms. The van der Waals surface area contributed by atoms with Crippen LogP contribution < -0.4 is 5.32 Å². The van der Waals surface area contributed by atoms with Gasteiger partial charge in [0, 0.05) is 18.2 Å². The standard InChI is InChI=1S/C15H18ClNO4/c1-10(13(18)19)17-14(20)15(5-7-21-8-6-15)11-3-2-4-12(16)9-11/h2-4,9-10H,5-8H2,1H3,(H,17,20)(H,18,19)/t10-/m1/s1. The second-order valence-corrected chi connectivity index (χ2v) is 5.67. The largest absolute Gasteiger partial charge is 0.480 e. The zero-order valence-corrected chi connectivity index (χ0v) is 12.5. The molecule has 1 fully saturated rings. The third-order valence-corrected chi connectivity index (χ3v) is 4.11. The van der Waals surface area contributed by atoms with Gasteiger partial charge in [-0.1, -0.05) is 23.7 Å². The molecule has 0 spiro atoms. The minimum Gasteiger partial charge on any atom is -0.480 e. The molecule has 1 amide bonds. The minimum absolute atomic E-state index is 0.289. The summed E-state index contributed by atoms with van der Waals surface area (Å²) < 4.78 is 5.35. The summed E-state index contributed by atoms with van der Waals surface area (Å²) in [6.07, 6.45) is 1.01. The Hall–Kier alpha value is -1.59. The molecule has 5 nitrogen and oxygen atoms in total. The lowest BCUT2D eigenvalue weighted by Gasteiger charge is -2.36. The summed E-state index contributed by atoms with van der Waals surface area (Å²) >= 11 is 6.03. The molecule has 21 heavy (non-hydrogen) atoms. The number of hydrogen-bond acceptors (Lipinski definition) is 3. The molecule has 2 rings (SSSR count). The van der Waals surface area contributed by atoms with Crippen LogP contribution in [0.15, 0.2) is 24.3 Å². The maximum absolute atomic E-state index is 12.7. The van der Waals surface area contributed by atoms with Gasteiger partial charge in [-0.2, -0.15) is 0 Å². The number of carboxylic acids is 1. The van der Waals surface area contributed by atoms with Crippen molar-refractivity contribution in [2.75, 3.05) is 13.2 Å². The Morgan fingerprint density at radius 1 is 1.38 bits per heavy atom. The summed E-state index contributed by atoms with van der Waals surface area (Å²) in [5.41, 5.74) is 0.0146. The second kappa shape index (κ2) is 6.45. The number of benzene rings is 1. The zero-order valence-electron chi connectivity index (χ0n) is 11.8. The highest BCUT2D eigenvalue weighted by atomic mass is 35.5. The molecule has 1 heterocycles. The van der Waals surface area contributed by atoms with E-state index in [-0.39, 0.29) is 5.91 Å². The van der Waals surface area contributed by atoms with Crippen LogP contribution in [0.5, 0.6) is 0 Å². The number of nitrogens with one attached hydrogen (secondary N) is 1. The maximum Gasteiger partial charge on any atom is 0.325 e. The number of halogens is 1. The van der Waals surface area contributed by atoms with E-state index in [4.69, 9.17) is 21.4 Å². The summed E-state index contributed by atoms with van der Waals surface area (Å²) in [4.78, 5) is 23.6. The van der Waals surface area contributed by atoms with Crippen LogP contribution >= 0.6 is 11.6 Å². The Kier molecular flexibility index (Phi) is 4.85. The van der Waals surface area contributed by atoms with Crippen LogP contribution in [0.3, 0.4) is 0 Å². The Labute approximate surface area is 128 Å². The van der Waals surface area contributed by atoms with Crippen LogP contribution in [0.4, 0.5) is 0 Å². The van der Waals surface area contributed by atoms with Crippen molar-refractivity contribution in [1.82, 2.24) is 5.32 Å². The molecule has 0 radical (unpaired) electrons. The number of amides is 1.